The van der Waals surface area contributed by atoms with Gasteiger partial charge in [0.15, 0.2) is 5.16 Å². The monoisotopic (exact) mass is 638 g/mol. The fourth-order valence-electron chi connectivity index (χ4n) is 5.03. The molecule has 0 aliphatic heterocycles. The summed E-state index contributed by atoms with van der Waals surface area (Å²) in [7, 11) is 0. The number of aromatic carboxylic acids is 1. The Morgan fingerprint density at radius 3 is 2.35 bits per heavy atom. The number of carboxylic acid groups (broad SMARTS) is 1. The van der Waals surface area contributed by atoms with Gasteiger partial charge in [0.05, 0.1) is 25.1 Å². The average Bonchev–Trinajstić information content (AvgIpc) is 3.54. The molecule has 4 aromatic carbocycles. The number of nitrogens with zero attached hydrogens (tertiary/aromatic N) is 1. The van der Waals surface area contributed by atoms with E-state index in [1.54, 1.807) is 42.2 Å². The Labute approximate surface area is 273 Å². The number of rotatable bonds is 16. The second-order valence-electron chi connectivity index (χ2n) is 10.6. The number of hydrogen-bond donors (Lipinski definition) is 3. The van der Waals surface area contributed by atoms with Crippen LogP contribution in [0.5, 0.6) is 28.7 Å². The van der Waals surface area contributed by atoms with Gasteiger partial charge in [-0.25, -0.2) is 9.78 Å². The minimum Gasteiger partial charge on any atom is -0.507 e. The molecule has 238 valence electrons. The number of aromatic hydroxyl groups is 1. The van der Waals surface area contributed by atoms with Crippen molar-refractivity contribution in [2.75, 3.05) is 13.2 Å². The van der Waals surface area contributed by atoms with E-state index in [-0.39, 0.29) is 17.1 Å². The molecule has 0 atom stereocenters. The largest absolute Gasteiger partial charge is 0.507 e. The molecule has 0 aliphatic carbocycles. The summed E-state index contributed by atoms with van der Waals surface area (Å²) < 4.78 is 18.3. The molecule has 46 heavy (non-hydrogen) atoms. The molecule has 5 aromatic rings. The van der Waals surface area contributed by atoms with Crippen LogP contribution < -0.4 is 14.2 Å². The zero-order valence-electron chi connectivity index (χ0n) is 26.0. The number of carbonyl (C=O) groups is 1. The Morgan fingerprint density at radius 2 is 1.59 bits per heavy atom. The molecule has 0 bridgehead atoms. The van der Waals surface area contributed by atoms with Gasteiger partial charge in [-0.05, 0) is 54.3 Å². The standard InChI is InChI=1S/C37H38N2O6S/c1-3-12-27-32(17-10-18-33(27)45-34-16-9-8-15-28(34)36(41)42)43-19-11-20-44-35-22-31(40)29(21-26(35)4-2)30-23-38-37(39-30)46-24-25-13-6-5-7-14-25/h5-10,13-18,21-23,40H,3-4,11-12,19-20,24H2,1-2H3,(H,38,39)(H,41,42). The summed E-state index contributed by atoms with van der Waals surface area (Å²) in [6.07, 6.45) is 4.68. The summed E-state index contributed by atoms with van der Waals surface area (Å²) in [5, 5.41) is 21.2. The van der Waals surface area contributed by atoms with Gasteiger partial charge in [0.25, 0.3) is 0 Å². The highest BCUT2D eigenvalue weighted by Gasteiger charge is 2.17. The summed E-state index contributed by atoms with van der Waals surface area (Å²) in [4.78, 5) is 19.5. The Hall–Kier alpha value is -4.89. The second-order valence-corrected chi connectivity index (χ2v) is 11.6. The Bertz CT molecular complexity index is 1750. The SMILES string of the molecule is CCCc1c(OCCCOc2cc(O)c(-c3cnc(SCc4ccccc4)[nH]3)cc2CC)cccc1Oc1ccccc1C(=O)O. The van der Waals surface area contributed by atoms with Crippen molar-refractivity contribution in [2.24, 2.45) is 0 Å². The van der Waals surface area contributed by atoms with Crippen LogP contribution in [-0.4, -0.2) is 39.4 Å². The van der Waals surface area contributed by atoms with Crippen LogP contribution in [0.15, 0.2) is 96.3 Å². The number of carboxylic acids is 1. The third-order valence-corrected chi connectivity index (χ3v) is 8.31. The molecule has 5 rings (SSSR count). The number of nitrogens with one attached hydrogen (secondary N) is 1. The number of ether oxygens (including phenoxy) is 3. The minimum atomic E-state index is -1.04. The number of aromatic nitrogens is 2. The summed E-state index contributed by atoms with van der Waals surface area (Å²) in [5.41, 5.74) is 4.63. The molecule has 0 fully saturated rings. The molecule has 8 nitrogen and oxygen atoms in total. The summed E-state index contributed by atoms with van der Waals surface area (Å²) in [5.74, 6) is 2.08. The van der Waals surface area contributed by atoms with Crippen molar-refractivity contribution < 1.29 is 29.2 Å². The lowest BCUT2D eigenvalue weighted by atomic mass is 10.0. The topological polar surface area (TPSA) is 114 Å². The molecule has 0 saturated heterocycles. The van der Waals surface area contributed by atoms with E-state index in [9.17, 15) is 15.0 Å². The van der Waals surface area contributed by atoms with Crippen LogP contribution in [0.25, 0.3) is 11.3 Å². The van der Waals surface area contributed by atoms with Crippen LogP contribution in [0, 0.1) is 0 Å². The molecule has 9 heteroatoms. The minimum absolute atomic E-state index is 0.103. The Morgan fingerprint density at radius 1 is 0.870 bits per heavy atom. The molecule has 1 heterocycles. The van der Waals surface area contributed by atoms with Gasteiger partial charge in [-0.1, -0.05) is 80.6 Å². The molecule has 3 N–H and O–H groups in total. The zero-order valence-corrected chi connectivity index (χ0v) is 26.8. The first-order chi connectivity index (χ1) is 22.5. The van der Waals surface area contributed by atoms with Crippen molar-refractivity contribution in [1.82, 2.24) is 9.97 Å². The number of benzene rings is 4. The molecule has 0 saturated carbocycles. The molecule has 0 aliphatic rings. The summed E-state index contributed by atoms with van der Waals surface area (Å²) in [6.45, 7) is 4.94. The highest BCUT2D eigenvalue weighted by Crippen LogP contribution is 2.37. The zero-order chi connectivity index (χ0) is 32.3. The van der Waals surface area contributed by atoms with E-state index in [4.69, 9.17) is 14.2 Å². The van der Waals surface area contributed by atoms with E-state index in [2.05, 4.69) is 35.9 Å². The van der Waals surface area contributed by atoms with Gasteiger partial charge in [-0.2, -0.15) is 0 Å². The van der Waals surface area contributed by atoms with Gasteiger partial charge >= 0.3 is 5.97 Å². The molecule has 0 unspecified atom stereocenters. The van der Waals surface area contributed by atoms with Gasteiger partial charge in [0.2, 0.25) is 0 Å². The van der Waals surface area contributed by atoms with Gasteiger partial charge in [0, 0.05) is 29.4 Å². The average molecular weight is 639 g/mol. The third-order valence-electron chi connectivity index (χ3n) is 7.35. The fraction of sp³-hybridized carbons (Fsp3) is 0.243. The van der Waals surface area contributed by atoms with Crippen LogP contribution in [0.4, 0.5) is 0 Å². The number of imidazole rings is 1. The Kier molecular flexibility index (Phi) is 11.2. The molecule has 1 aromatic heterocycles. The first-order valence-corrected chi connectivity index (χ1v) is 16.4. The number of aromatic amines is 1. The van der Waals surface area contributed by atoms with E-state index in [1.807, 2.05) is 42.5 Å². The van der Waals surface area contributed by atoms with Gasteiger partial charge in [-0.15, -0.1) is 0 Å². The van der Waals surface area contributed by atoms with Crippen LogP contribution in [0.1, 0.15) is 53.7 Å². The number of H-pyrrole nitrogens is 1. The maximum Gasteiger partial charge on any atom is 0.339 e. The molecule has 0 radical (unpaired) electrons. The van der Waals surface area contributed by atoms with Crippen molar-refractivity contribution in [2.45, 2.75) is 50.4 Å². The van der Waals surface area contributed by atoms with Crippen LogP contribution >= 0.6 is 11.8 Å². The van der Waals surface area contributed by atoms with Crippen molar-refractivity contribution in [3.05, 3.63) is 113 Å². The number of hydrogen-bond acceptors (Lipinski definition) is 7. The number of para-hydroxylation sites is 1. The number of thioether (sulfide) groups is 1. The van der Waals surface area contributed by atoms with E-state index in [0.717, 1.165) is 40.6 Å². The lowest BCUT2D eigenvalue weighted by Crippen LogP contribution is -2.08. The quantitative estimate of drug-likeness (QED) is 0.0725. The second kappa shape index (κ2) is 15.9. The van der Waals surface area contributed by atoms with E-state index in [0.29, 0.717) is 48.9 Å². The molecule has 0 amide bonds. The van der Waals surface area contributed by atoms with Crippen molar-refractivity contribution in [1.29, 1.82) is 0 Å². The van der Waals surface area contributed by atoms with E-state index < -0.39 is 5.97 Å². The molecule has 0 spiro atoms. The smallest absolute Gasteiger partial charge is 0.339 e. The van der Waals surface area contributed by atoms with Gasteiger partial charge in [0.1, 0.15) is 34.3 Å². The maximum absolute atomic E-state index is 11.7. The molecular weight excluding hydrogens is 600 g/mol. The normalized spacial score (nSPS) is 10.9. The summed E-state index contributed by atoms with van der Waals surface area (Å²) in [6, 6.07) is 26.0. The van der Waals surface area contributed by atoms with E-state index in [1.165, 1.54) is 11.6 Å². The van der Waals surface area contributed by atoms with Gasteiger partial charge in [-0.3, -0.25) is 0 Å². The Balaban J connectivity index is 1.18. The van der Waals surface area contributed by atoms with Crippen LogP contribution in [0.2, 0.25) is 0 Å². The predicted molar refractivity (Wildman–Crippen MR) is 181 cm³/mol. The fourth-order valence-corrected chi connectivity index (χ4v) is 5.83. The number of phenols is 1. The van der Waals surface area contributed by atoms with Crippen molar-refractivity contribution in [3.8, 4) is 40.0 Å². The molecular formula is C37H38N2O6S. The van der Waals surface area contributed by atoms with E-state index >= 15 is 0 Å². The number of aryl methyl sites for hydroxylation is 1. The van der Waals surface area contributed by atoms with Crippen LogP contribution in [0.3, 0.4) is 0 Å². The van der Waals surface area contributed by atoms with Gasteiger partial charge < -0.3 is 29.4 Å². The lowest BCUT2D eigenvalue weighted by Gasteiger charge is -2.17. The summed E-state index contributed by atoms with van der Waals surface area (Å²) >= 11 is 1.61. The third kappa shape index (κ3) is 8.22. The van der Waals surface area contributed by atoms with Crippen molar-refractivity contribution >= 4 is 17.7 Å². The first kappa shape index (κ1) is 32.5. The maximum atomic E-state index is 11.7. The lowest BCUT2D eigenvalue weighted by molar-refractivity contribution is 0.0694. The number of phenolic OH excluding ortho intramolecular Hbond substituents is 1. The first-order valence-electron chi connectivity index (χ1n) is 15.4. The van der Waals surface area contributed by atoms with Crippen LogP contribution in [-0.2, 0) is 18.6 Å². The highest BCUT2D eigenvalue weighted by molar-refractivity contribution is 7.98. The van der Waals surface area contributed by atoms with Crippen molar-refractivity contribution in [3.63, 3.8) is 0 Å². The highest BCUT2D eigenvalue weighted by atomic mass is 32.2. The predicted octanol–water partition coefficient (Wildman–Crippen LogP) is 8.93.